The van der Waals surface area contributed by atoms with Gasteiger partial charge >= 0.3 is 0 Å². The van der Waals surface area contributed by atoms with Gasteiger partial charge in [-0.05, 0) is 37.0 Å². The van der Waals surface area contributed by atoms with Crippen LogP contribution < -0.4 is 10.1 Å². The Morgan fingerprint density at radius 3 is 2.50 bits per heavy atom. The predicted octanol–water partition coefficient (Wildman–Crippen LogP) is 3.08. The van der Waals surface area contributed by atoms with E-state index in [1.165, 1.54) is 4.31 Å². The summed E-state index contributed by atoms with van der Waals surface area (Å²) in [5.74, 6) is 0.199. The molecule has 0 saturated carbocycles. The minimum Gasteiger partial charge on any atom is -0.496 e. The van der Waals surface area contributed by atoms with Gasteiger partial charge in [-0.3, -0.25) is 4.79 Å². The number of amides is 1. The summed E-state index contributed by atoms with van der Waals surface area (Å²) in [6.45, 7) is 4.42. The van der Waals surface area contributed by atoms with Crippen molar-refractivity contribution in [3.63, 3.8) is 0 Å². The van der Waals surface area contributed by atoms with Crippen LogP contribution in [0.1, 0.15) is 25.8 Å². The van der Waals surface area contributed by atoms with Gasteiger partial charge in [0.2, 0.25) is 15.9 Å². The van der Waals surface area contributed by atoms with E-state index in [-0.39, 0.29) is 12.5 Å². The fourth-order valence-corrected chi connectivity index (χ4v) is 5.48. The zero-order chi connectivity index (χ0) is 21.7. The van der Waals surface area contributed by atoms with E-state index < -0.39 is 21.2 Å². The molecule has 1 fully saturated rings. The molecule has 30 heavy (non-hydrogen) atoms. The highest BCUT2D eigenvalue weighted by atomic mass is 32.2. The molecule has 1 heterocycles. The lowest BCUT2D eigenvalue weighted by Gasteiger charge is -2.26. The summed E-state index contributed by atoms with van der Waals surface area (Å²) < 4.78 is 32.8. The number of benzene rings is 2. The number of para-hydroxylation sites is 1. The van der Waals surface area contributed by atoms with Gasteiger partial charge in [0.25, 0.3) is 0 Å². The second-order valence-electron chi connectivity index (χ2n) is 7.67. The highest BCUT2D eigenvalue weighted by Gasteiger charge is 2.34. The van der Waals surface area contributed by atoms with E-state index in [0.717, 1.165) is 22.4 Å². The Morgan fingerprint density at radius 1 is 1.13 bits per heavy atom. The maximum Gasteiger partial charge on any atom is 0.224 e. The average Bonchev–Trinajstić information content (AvgIpc) is 2.95. The van der Waals surface area contributed by atoms with Crippen LogP contribution in [0, 0.1) is 5.92 Å². The highest BCUT2D eigenvalue weighted by Crippen LogP contribution is 2.33. The minimum atomic E-state index is -3.44. The lowest BCUT2D eigenvalue weighted by atomic mass is 9.91. The first-order chi connectivity index (χ1) is 14.4. The van der Waals surface area contributed by atoms with Crippen LogP contribution in [-0.4, -0.2) is 50.6 Å². The fraction of sp³-hybridized carbons (Fsp3) is 0.435. The molecule has 2 atom stereocenters. The molecular weight excluding hydrogens is 400 g/mol. The van der Waals surface area contributed by atoms with Crippen molar-refractivity contribution in [2.75, 3.05) is 26.7 Å². The molecule has 1 saturated heterocycles. The summed E-state index contributed by atoms with van der Waals surface area (Å²) >= 11 is 0. The standard InChI is InChI=1S/C23H30N2O4S/c1-4-17(2)30(27,28)25-14-13-24-23(26)19(16-25)15-18-9-5-6-10-20(18)21-11-7-8-12-22(21)29-3/h5-12,17,19H,4,13-16H2,1-3H3,(H,24,26)/t17-,19-/m1/s1. The van der Waals surface area contributed by atoms with Crippen molar-refractivity contribution in [2.45, 2.75) is 31.9 Å². The maximum atomic E-state index is 12.9. The molecule has 0 spiro atoms. The number of carbonyl (C=O) groups excluding carboxylic acids is 1. The fourth-order valence-electron chi connectivity index (χ4n) is 3.82. The summed E-state index contributed by atoms with van der Waals surface area (Å²) in [7, 11) is -1.80. The van der Waals surface area contributed by atoms with Crippen molar-refractivity contribution in [3.8, 4) is 16.9 Å². The largest absolute Gasteiger partial charge is 0.496 e. The van der Waals surface area contributed by atoms with Crippen molar-refractivity contribution in [1.29, 1.82) is 0 Å². The number of nitrogens with one attached hydrogen (secondary N) is 1. The number of methoxy groups -OCH3 is 1. The van der Waals surface area contributed by atoms with Gasteiger partial charge in [-0.1, -0.05) is 49.4 Å². The van der Waals surface area contributed by atoms with Crippen molar-refractivity contribution in [2.24, 2.45) is 5.92 Å². The van der Waals surface area contributed by atoms with Gasteiger partial charge in [0.05, 0.1) is 18.3 Å². The van der Waals surface area contributed by atoms with Gasteiger partial charge in [0, 0.05) is 25.2 Å². The third kappa shape index (κ3) is 4.68. The van der Waals surface area contributed by atoms with E-state index in [2.05, 4.69) is 5.32 Å². The molecule has 2 aromatic carbocycles. The highest BCUT2D eigenvalue weighted by molar-refractivity contribution is 7.89. The van der Waals surface area contributed by atoms with Crippen LogP contribution in [0.15, 0.2) is 48.5 Å². The number of rotatable bonds is 7. The van der Waals surface area contributed by atoms with Crippen LogP contribution in [0.2, 0.25) is 0 Å². The molecule has 2 aromatic rings. The van der Waals surface area contributed by atoms with Crippen molar-refractivity contribution in [3.05, 3.63) is 54.1 Å². The lowest BCUT2D eigenvalue weighted by Crippen LogP contribution is -2.41. The molecular formula is C23H30N2O4S. The number of hydrogen-bond donors (Lipinski definition) is 1. The Balaban J connectivity index is 1.92. The van der Waals surface area contributed by atoms with Crippen LogP contribution in [0.5, 0.6) is 5.75 Å². The molecule has 1 amide bonds. The first-order valence-corrected chi connectivity index (χ1v) is 11.9. The number of sulfonamides is 1. The topological polar surface area (TPSA) is 75.7 Å². The monoisotopic (exact) mass is 430 g/mol. The molecule has 162 valence electrons. The molecule has 1 N–H and O–H groups in total. The zero-order valence-electron chi connectivity index (χ0n) is 17.8. The van der Waals surface area contributed by atoms with E-state index in [1.54, 1.807) is 14.0 Å². The number of nitrogens with zero attached hydrogens (tertiary/aromatic N) is 1. The van der Waals surface area contributed by atoms with Crippen molar-refractivity contribution < 1.29 is 17.9 Å². The molecule has 1 aliphatic heterocycles. The van der Waals surface area contributed by atoms with Gasteiger partial charge in [-0.15, -0.1) is 0 Å². The molecule has 0 aliphatic carbocycles. The average molecular weight is 431 g/mol. The molecule has 1 aliphatic rings. The first-order valence-electron chi connectivity index (χ1n) is 10.4. The molecule has 3 rings (SSSR count). The number of hydrogen-bond acceptors (Lipinski definition) is 4. The molecule has 0 radical (unpaired) electrons. The summed E-state index contributed by atoms with van der Waals surface area (Å²) in [6, 6.07) is 15.7. The molecule has 6 nitrogen and oxygen atoms in total. The maximum absolute atomic E-state index is 12.9. The van der Waals surface area contributed by atoms with Crippen LogP contribution in [0.3, 0.4) is 0 Å². The molecule has 0 aromatic heterocycles. The molecule has 7 heteroatoms. The molecule has 0 unspecified atom stereocenters. The summed E-state index contributed by atoms with van der Waals surface area (Å²) in [6.07, 6.45) is 0.994. The van der Waals surface area contributed by atoms with E-state index >= 15 is 0 Å². The SMILES string of the molecule is CC[C@@H](C)S(=O)(=O)N1CCNC(=O)[C@H](Cc2ccccc2-c2ccccc2OC)C1. The predicted molar refractivity (Wildman–Crippen MR) is 119 cm³/mol. The van der Waals surface area contributed by atoms with E-state index in [4.69, 9.17) is 4.74 Å². The van der Waals surface area contributed by atoms with Crippen LogP contribution in [0.4, 0.5) is 0 Å². The van der Waals surface area contributed by atoms with Crippen molar-refractivity contribution >= 4 is 15.9 Å². The van der Waals surface area contributed by atoms with Gasteiger partial charge < -0.3 is 10.1 Å². The Labute approximate surface area is 179 Å². The van der Waals surface area contributed by atoms with Crippen molar-refractivity contribution in [1.82, 2.24) is 9.62 Å². The van der Waals surface area contributed by atoms with Gasteiger partial charge in [0.1, 0.15) is 5.75 Å². The smallest absolute Gasteiger partial charge is 0.224 e. The van der Waals surface area contributed by atoms with E-state index in [1.807, 2.05) is 55.5 Å². The summed E-state index contributed by atoms with van der Waals surface area (Å²) in [5, 5.41) is 2.42. The van der Waals surface area contributed by atoms with E-state index in [9.17, 15) is 13.2 Å². The minimum absolute atomic E-state index is 0.105. The van der Waals surface area contributed by atoms with Crippen LogP contribution in [-0.2, 0) is 21.2 Å². The second-order valence-corrected chi connectivity index (χ2v) is 10.0. The van der Waals surface area contributed by atoms with Crippen LogP contribution in [0.25, 0.3) is 11.1 Å². The Bertz CT molecular complexity index is 990. The summed E-state index contributed by atoms with van der Waals surface area (Å²) in [5.41, 5.74) is 2.93. The number of ether oxygens (including phenoxy) is 1. The van der Waals surface area contributed by atoms with Crippen LogP contribution >= 0.6 is 0 Å². The third-order valence-corrected chi connectivity index (χ3v) is 8.18. The second kappa shape index (κ2) is 9.62. The van der Waals surface area contributed by atoms with E-state index in [0.29, 0.717) is 25.9 Å². The molecule has 0 bridgehead atoms. The van der Waals surface area contributed by atoms with Gasteiger partial charge in [-0.25, -0.2) is 8.42 Å². The Kier molecular flexibility index (Phi) is 7.15. The van der Waals surface area contributed by atoms with Gasteiger partial charge in [-0.2, -0.15) is 4.31 Å². The first kappa shape index (κ1) is 22.3. The summed E-state index contributed by atoms with van der Waals surface area (Å²) in [4.78, 5) is 12.7. The Morgan fingerprint density at radius 2 is 1.80 bits per heavy atom. The quantitative estimate of drug-likeness (QED) is 0.732. The normalized spacial score (nSPS) is 19.0. The zero-order valence-corrected chi connectivity index (χ0v) is 18.6. The number of carbonyl (C=O) groups is 1. The third-order valence-electron chi connectivity index (χ3n) is 5.78. The Hall–Kier alpha value is -2.38. The lowest BCUT2D eigenvalue weighted by molar-refractivity contribution is -0.124. The van der Waals surface area contributed by atoms with Gasteiger partial charge in [0.15, 0.2) is 0 Å².